The first kappa shape index (κ1) is 20.4. The summed E-state index contributed by atoms with van der Waals surface area (Å²) in [6.45, 7) is 2.76. The van der Waals surface area contributed by atoms with E-state index in [9.17, 15) is 4.79 Å². The second-order valence-electron chi connectivity index (χ2n) is 6.00. The number of rotatable bonds is 8. The molecule has 0 atom stereocenters. The van der Waals surface area contributed by atoms with Gasteiger partial charge in [0.25, 0.3) is 5.91 Å². The van der Waals surface area contributed by atoms with Crippen LogP contribution in [0.4, 0.5) is 0 Å². The normalized spacial score (nSPS) is 10.7. The smallest absolute Gasteiger partial charge is 0.272 e. The van der Waals surface area contributed by atoms with Gasteiger partial charge in [-0.15, -0.1) is 0 Å². The van der Waals surface area contributed by atoms with Crippen LogP contribution in [0.25, 0.3) is 0 Å². The van der Waals surface area contributed by atoms with Gasteiger partial charge in [-0.2, -0.15) is 5.10 Å². The van der Waals surface area contributed by atoms with E-state index in [2.05, 4.69) is 15.5 Å². The monoisotopic (exact) mass is 409 g/mol. The third-order valence-electron chi connectivity index (χ3n) is 3.85. The van der Waals surface area contributed by atoms with Gasteiger partial charge in [-0.1, -0.05) is 23.7 Å². The number of halogens is 1. The zero-order valence-electron chi connectivity index (χ0n) is 15.8. The lowest BCUT2D eigenvalue weighted by atomic mass is 10.2. The molecule has 0 radical (unpaired) electrons. The summed E-state index contributed by atoms with van der Waals surface area (Å²) in [5.74, 6) is 0.876. The Morgan fingerprint density at radius 1 is 1.14 bits per heavy atom. The molecule has 148 valence electrons. The highest BCUT2D eigenvalue weighted by molar-refractivity contribution is 6.30. The van der Waals surface area contributed by atoms with Crippen LogP contribution < -0.4 is 14.9 Å². The van der Waals surface area contributed by atoms with Crippen LogP contribution in [0.1, 0.15) is 28.4 Å². The van der Waals surface area contributed by atoms with E-state index in [-0.39, 0.29) is 5.91 Å². The molecule has 1 N–H and O–H groups in total. The van der Waals surface area contributed by atoms with E-state index < -0.39 is 0 Å². The summed E-state index contributed by atoms with van der Waals surface area (Å²) >= 11 is 6.01. The third kappa shape index (κ3) is 6.05. The number of benzene rings is 2. The zero-order valence-corrected chi connectivity index (χ0v) is 16.6. The van der Waals surface area contributed by atoms with Crippen molar-refractivity contribution in [3.8, 4) is 11.5 Å². The molecule has 0 bridgehead atoms. The maximum Gasteiger partial charge on any atom is 0.272 e. The Morgan fingerprint density at radius 3 is 2.79 bits per heavy atom. The van der Waals surface area contributed by atoms with Crippen LogP contribution in [-0.4, -0.2) is 23.7 Å². The second kappa shape index (κ2) is 10.2. The fraction of sp³-hybridized carbons (Fsp3) is 0.136. The Labute approximate surface area is 174 Å². The number of ether oxygens (including phenoxy) is 2. The van der Waals surface area contributed by atoms with Gasteiger partial charge in [0.15, 0.2) is 11.5 Å². The first-order valence-corrected chi connectivity index (χ1v) is 9.41. The van der Waals surface area contributed by atoms with Gasteiger partial charge in [-0.05, 0) is 60.5 Å². The number of pyridine rings is 1. The van der Waals surface area contributed by atoms with Crippen LogP contribution in [0, 0.1) is 0 Å². The molecule has 7 heteroatoms. The minimum Gasteiger partial charge on any atom is -0.490 e. The predicted molar refractivity (Wildman–Crippen MR) is 113 cm³/mol. The van der Waals surface area contributed by atoms with Gasteiger partial charge in [0.2, 0.25) is 0 Å². The van der Waals surface area contributed by atoms with Crippen molar-refractivity contribution in [2.45, 2.75) is 13.5 Å². The molecular formula is C22H20ClN3O3. The van der Waals surface area contributed by atoms with Crippen molar-refractivity contribution in [3.63, 3.8) is 0 Å². The molecule has 3 rings (SSSR count). The molecule has 0 fully saturated rings. The molecule has 0 saturated heterocycles. The van der Waals surface area contributed by atoms with Gasteiger partial charge in [0.05, 0.1) is 18.4 Å². The lowest BCUT2D eigenvalue weighted by Gasteiger charge is -2.12. The van der Waals surface area contributed by atoms with Crippen molar-refractivity contribution < 1.29 is 14.3 Å². The van der Waals surface area contributed by atoms with E-state index in [0.29, 0.717) is 35.3 Å². The SMILES string of the molecule is CCOc1cc(/C=N\NC(=O)c2cccnc2)ccc1OCc1cccc(Cl)c1. The van der Waals surface area contributed by atoms with E-state index in [1.807, 2.05) is 37.3 Å². The Kier molecular flexibility index (Phi) is 7.19. The summed E-state index contributed by atoms with van der Waals surface area (Å²) in [4.78, 5) is 15.9. The number of carbonyl (C=O) groups excluding carboxylic acids is 1. The van der Waals surface area contributed by atoms with Gasteiger partial charge < -0.3 is 9.47 Å². The number of amides is 1. The van der Waals surface area contributed by atoms with Gasteiger partial charge in [0.1, 0.15) is 6.61 Å². The Bertz CT molecular complexity index is 994. The lowest BCUT2D eigenvalue weighted by molar-refractivity contribution is 0.0955. The zero-order chi connectivity index (χ0) is 20.5. The molecule has 0 aliphatic rings. The minimum atomic E-state index is -0.333. The van der Waals surface area contributed by atoms with Crippen molar-refractivity contribution in [1.82, 2.24) is 10.4 Å². The van der Waals surface area contributed by atoms with Crippen molar-refractivity contribution in [3.05, 3.63) is 88.7 Å². The quantitative estimate of drug-likeness (QED) is 0.440. The van der Waals surface area contributed by atoms with Crippen LogP contribution in [-0.2, 0) is 6.61 Å². The molecule has 6 nitrogen and oxygen atoms in total. The Balaban J connectivity index is 1.66. The fourth-order valence-electron chi connectivity index (χ4n) is 2.51. The first-order chi connectivity index (χ1) is 14.2. The van der Waals surface area contributed by atoms with Gasteiger partial charge in [0, 0.05) is 17.4 Å². The van der Waals surface area contributed by atoms with Gasteiger partial charge in [-0.3, -0.25) is 9.78 Å². The molecule has 0 saturated carbocycles. The van der Waals surface area contributed by atoms with Crippen molar-refractivity contribution in [2.75, 3.05) is 6.61 Å². The number of hydrogen-bond donors (Lipinski definition) is 1. The summed E-state index contributed by atoms with van der Waals surface area (Å²) in [5, 5.41) is 4.65. The van der Waals surface area contributed by atoms with Crippen LogP contribution in [0.15, 0.2) is 72.1 Å². The van der Waals surface area contributed by atoms with Crippen molar-refractivity contribution in [1.29, 1.82) is 0 Å². The van der Waals surface area contributed by atoms with E-state index in [0.717, 1.165) is 11.1 Å². The topological polar surface area (TPSA) is 72.8 Å². The molecule has 0 unspecified atom stereocenters. The highest BCUT2D eigenvalue weighted by Gasteiger charge is 2.07. The number of nitrogens with one attached hydrogen (secondary N) is 1. The molecule has 1 aromatic heterocycles. The van der Waals surface area contributed by atoms with E-state index in [1.54, 1.807) is 30.5 Å². The second-order valence-corrected chi connectivity index (χ2v) is 6.44. The number of hydrazone groups is 1. The average molecular weight is 410 g/mol. The summed E-state index contributed by atoms with van der Waals surface area (Å²) in [6.07, 6.45) is 4.62. The summed E-state index contributed by atoms with van der Waals surface area (Å²) < 4.78 is 11.6. The van der Waals surface area contributed by atoms with Crippen LogP contribution in [0.5, 0.6) is 11.5 Å². The first-order valence-electron chi connectivity index (χ1n) is 9.03. The molecule has 2 aromatic carbocycles. The summed E-state index contributed by atoms with van der Waals surface area (Å²) in [5.41, 5.74) is 4.63. The maximum absolute atomic E-state index is 12.0. The molecule has 29 heavy (non-hydrogen) atoms. The molecule has 1 heterocycles. The predicted octanol–water partition coefficient (Wildman–Crippen LogP) is 4.48. The maximum atomic E-state index is 12.0. The standard InChI is InChI=1S/C22H20ClN3O3/c1-2-28-21-12-16(13-25-26-22(27)18-6-4-10-24-14-18)8-9-20(21)29-15-17-5-3-7-19(23)11-17/h3-14H,2,15H2,1H3,(H,26,27)/b25-13-. The largest absolute Gasteiger partial charge is 0.490 e. The van der Waals surface area contributed by atoms with Crippen molar-refractivity contribution in [2.24, 2.45) is 5.10 Å². The van der Waals surface area contributed by atoms with Gasteiger partial charge >= 0.3 is 0 Å². The van der Waals surface area contributed by atoms with E-state index in [1.165, 1.54) is 12.4 Å². The molecule has 1 amide bonds. The molecular weight excluding hydrogens is 390 g/mol. The van der Waals surface area contributed by atoms with Gasteiger partial charge in [-0.25, -0.2) is 5.43 Å². The molecule has 3 aromatic rings. The summed E-state index contributed by atoms with van der Waals surface area (Å²) in [6, 6.07) is 16.3. The van der Waals surface area contributed by atoms with Crippen LogP contribution in [0.2, 0.25) is 5.02 Å². The third-order valence-corrected chi connectivity index (χ3v) is 4.09. The number of aromatic nitrogens is 1. The highest BCUT2D eigenvalue weighted by Crippen LogP contribution is 2.29. The minimum absolute atomic E-state index is 0.333. The van der Waals surface area contributed by atoms with E-state index in [4.69, 9.17) is 21.1 Å². The summed E-state index contributed by atoms with van der Waals surface area (Å²) in [7, 11) is 0. The lowest BCUT2D eigenvalue weighted by Crippen LogP contribution is -2.17. The number of carbonyl (C=O) groups is 1. The number of nitrogens with zero attached hydrogens (tertiary/aromatic N) is 2. The Hall–Kier alpha value is -3.38. The van der Waals surface area contributed by atoms with Crippen LogP contribution >= 0.6 is 11.6 Å². The fourth-order valence-corrected chi connectivity index (χ4v) is 2.72. The molecule has 0 spiro atoms. The highest BCUT2D eigenvalue weighted by atomic mass is 35.5. The molecule has 0 aliphatic heterocycles. The Morgan fingerprint density at radius 2 is 2.03 bits per heavy atom. The molecule has 0 aliphatic carbocycles. The van der Waals surface area contributed by atoms with Crippen LogP contribution in [0.3, 0.4) is 0 Å². The van der Waals surface area contributed by atoms with Crippen molar-refractivity contribution >= 4 is 23.7 Å². The average Bonchev–Trinajstić information content (AvgIpc) is 2.74. The van der Waals surface area contributed by atoms with E-state index >= 15 is 0 Å². The number of hydrogen-bond acceptors (Lipinski definition) is 5.